The molecule has 0 amide bonds. The van der Waals surface area contributed by atoms with E-state index in [1.807, 2.05) is 36.4 Å². The van der Waals surface area contributed by atoms with Crippen LogP contribution in [0.2, 0.25) is 0 Å². The predicted molar refractivity (Wildman–Crippen MR) is 107 cm³/mol. The van der Waals surface area contributed by atoms with Crippen molar-refractivity contribution in [3.8, 4) is 11.3 Å². The maximum atomic E-state index is 13.7. The van der Waals surface area contributed by atoms with E-state index in [9.17, 15) is 13.2 Å². The molecule has 0 aliphatic rings. The molecule has 0 saturated heterocycles. The molecule has 3 N–H and O–H groups in total. The maximum Gasteiger partial charge on any atom is 0.196 e. The van der Waals surface area contributed by atoms with Gasteiger partial charge in [0, 0.05) is 25.2 Å². The number of hydrogen-bond acceptors (Lipinski definition) is 5. The van der Waals surface area contributed by atoms with Crippen molar-refractivity contribution in [2.24, 2.45) is 0 Å². The third-order valence-corrected chi connectivity index (χ3v) is 4.59. The molecule has 8 heteroatoms. The van der Waals surface area contributed by atoms with E-state index in [0.29, 0.717) is 23.6 Å². The molecule has 5 nitrogen and oxygen atoms in total. The quantitative estimate of drug-likeness (QED) is 0.441. The minimum atomic E-state index is -1.49. The number of hydrogen-bond donors (Lipinski definition) is 2. The van der Waals surface area contributed by atoms with E-state index in [-0.39, 0.29) is 12.2 Å². The van der Waals surface area contributed by atoms with E-state index in [0.717, 1.165) is 22.9 Å². The van der Waals surface area contributed by atoms with Crippen LogP contribution >= 0.6 is 0 Å². The first-order valence-electron chi connectivity index (χ1n) is 9.13. The molecule has 4 aromatic rings. The van der Waals surface area contributed by atoms with Gasteiger partial charge in [-0.2, -0.15) is 0 Å². The highest BCUT2D eigenvalue weighted by Crippen LogP contribution is 2.25. The molecular formula is C22H17F3N4O. The van der Waals surface area contributed by atoms with Crippen molar-refractivity contribution < 1.29 is 17.7 Å². The van der Waals surface area contributed by atoms with Crippen LogP contribution in [0.3, 0.4) is 0 Å². The molecule has 0 aliphatic carbocycles. The van der Waals surface area contributed by atoms with Gasteiger partial charge < -0.3 is 15.6 Å². The summed E-state index contributed by atoms with van der Waals surface area (Å²) in [6.07, 6.45) is 2.16. The molecule has 0 aliphatic heterocycles. The lowest BCUT2D eigenvalue weighted by molar-refractivity contribution is 0.425. The number of rotatable bonds is 6. The number of nitrogen functional groups attached to an aromatic ring is 1. The minimum Gasteiger partial charge on any atom is -0.383 e. The largest absolute Gasteiger partial charge is 0.383 e. The molecule has 0 bridgehead atoms. The van der Waals surface area contributed by atoms with Crippen LogP contribution in [0.25, 0.3) is 11.3 Å². The Labute approximate surface area is 170 Å². The van der Waals surface area contributed by atoms with Gasteiger partial charge in [0.2, 0.25) is 0 Å². The van der Waals surface area contributed by atoms with Crippen LogP contribution < -0.4 is 11.1 Å². The molecule has 0 saturated carbocycles. The summed E-state index contributed by atoms with van der Waals surface area (Å²) >= 11 is 0. The van der Waals surface area contributed by atoms with Crippen LogP contribution in [0.15, 0.2) is 65.3 Å². The molecule has 2 aromatic heterocycles. The van der Waals surface area contributed by atoms with Crippen molar-refractivity contribution in [1.82, 2.24) is 10.1 Å². The first-order chi connectivity index (χ1) is 14.5. The molecule has 4 rings (SSSR count). The monoisotopic (exact) mass is 410 g/mol. The normalized spacial score (nSPS) is 10.9. The summed E-state index contributed by atoms with van der Waals surface area (Å²) in [6.45, 7) is 0.261. The number of anilines is 2. The Bertz CT molecular complexity index is 1180. The van der Waals surface area contributed by atoms with E-state index in [2.05, 4.69) is 15.5 Å². The van der Waals surface area contributed by atoms with Gasteiger partial charge in [0.05, 0.1) is 16.9 Å². The molecule has 0 spiro atoms. The van der Waals surface area contributed by atoms with Gasteiger partial charge in [-0.3, -0.25) is 0 Å². The summed E-state index contributed by atoms with van der Waals surface area (Å²) < 4.78 is 45.4. The molecule has 152 valence electrons. The average molecular weight is 410 g/mol. The standard InChI is InChI=1S/C22H17F3N4O/c23-17-7-8-18(21(25)20(17)24)28-12-14-5-3-13(4-6-14)10-15-11-19(30-29-15)16-2-1-9-27-22(16)26/h1-9,11,28H,10,12H2,(H2,26,27). The van der Waals surface area contributed by atoms with E-state index >= 15 is 0 Å². The van der Waals surface area contributed by atoms with Crippen LogP contribution in [0.4, 0.5) is 24.7 Å². The third-order valence-electron chi connectivity index (χ3n) is 4.59. The Kier molecular flexibility index (Phi) is 5.38. The van der Waals surface area contributed by atoms with E-state index in [4.69, 9.17) is 10.3 Å². The van der Waals surface area contributed by atoms with Crippen molar-refractivity contribution in [2.75, 3.05) is 11.1 Å². The summed E-state index contributed by atoms with van der Waals surface area (Å²) in [7, 11) is 0. The van der Waals surface area contributed by atoms with Crippen molar-refractivity contribution in [3.63, 3.8) is 0 Å². The SMILES string of the molecule is Nc1ncccc1-c1cc(Cc2ccc(CNc3ccc(F)c(F)c3F)cc2)no1. The third kappa shape index (κ3) is 4.12. The highest BCUT2D eigenvalue weighted by atomic mass is 19.2. The second-order valence-corrected chi connectivity index (χ2v) is 6.69. The van der Waals surface area contributed by atoms with Crippen molar-refractivity contribution in [2.45, 2.75) is 13.0 Å². The predicted octanol–water partition coefficient (Wildman–Crippen LogP) is 4.94. The highest BCUT2D eigenvalue weighted by molar-refractivity contribution is 5.69. The Morgan fingerprint density at radius 3 is 2.47 bits per heavy atom. The van der Waals surface area contributed by atoms with Gasteiger partial charge in [0.1, 0.15) is 5.82 Å². The van der Waals surface area contributed by atoms with Crippen LogP contribution in [0.5, 0.6) is 0 Å². The summed E-state index contributed by atoms with van der Waals surface area (Å²) in [5, 5.41) is 6.84. The fraction of sp³-hybridized carbons (Fsp3) is 0.0909. The number of aromatic nitrogens is 2. The number of pyridine rings is 1. The number of halogens is 3. The smallest absolute Gasteiger partial charge is 0.196 e. The maximum absolute atomic E-state index is 13.7. The topological polar surface area (TPSA) is 77.0 Å². The Morgan fingerprint density at radius 2 is 1.70 bits per heavy atom. The molecule has 2 aromatic carbocycles. The van der Waals surface area contributed by atoms with Crippen LogP contribution in [-0.2, 0) is 13.0 Å². The summed E-state index contributed by atoms with van der Waals surface area (Å²) in [5.41, 5.74) is 9.04. The Balaban J connectivity index is 1.40. The molecule has 0 radical (unpaired) electrons. The Morgan fingerprint density at radius 1 is 0.933 bits per heavy atom. The summed E-state index contributed by atoms with van der Waals surface area (Å²) in [6, 6.07) is 15.0. The fourth-order valence-corrected chi connectivity index (χ4v) is 2.99. The fourth-order valence-electron chi connectivity index (χ4n) is 2.99. The van der Waals surface area contributed by atoms with E-state index < -0.39 is 17.5 Å². The molecule has 0 fully saturated rings. The lowest BCUT2D eigenvalue weighted by Gasteiger charge is -2.09. The molecule has 2 heterocycles. The zero-order valence-corrected chi connectivity index (χ0v) is 15.7. The van der Waals surface area contributed by atoms with Gasteiger partial charge in [0.25, 0.3) is 0 Å². The highest BCUT2D eigenvalue weighted by Gasteiger charge is 2.13. The summed E-state index contributed by atoms with van der Waals surface area (Å²) in [4.78, 5) is 4.03. The van der Waals surface area contributed by atoms with Gasteiger partial charge in [-0.15, -0.1) is 0 Å². The molecular weight excluding hydrogens is 393 g/mol. The number of nitrogens with zero attached hydrogens (tertiary/aromatic N) is 2. The van der Waals surface area contributed by atoms with Crippen LogP contribution in [-0.4, -0.2) is 10.1 Å². The van der Waals surface area contributed by atoms with Gasteiger partial charge in [0.15, 0.2) is 23.2 Å². The lowest BCUT2D eigenvalue weighted by Crippen LogP contribution is -2.04. The number of nitrogens with one attached hydrogen (secondary N) is 1. The van der Waals surface area contributed by atoms with Gasteiger partial charge in [-0.1, -0.05) is 29.4 Å². The van der Waals surface area contributed by atoms with Gasteiger partial charge in [-0.05, 0) is 35.4 Å². The zero-order valence-electron chi connectivity index (χ0n) is 15.7. The van der Waals surface area contributed by atoms with Crippen molar-refractivity contribution >= 4 is 11.5 Å². The first kappa shape index (κ1) is 19.5. The van der Waals surface area contributed by atoms with Crippen LogP contribution in [0, 0.1) is 17.5 Å². The van der Waals surface area contributed by atoms with E-state index in [1.165, 1.54) is 6.07 Å². The van der Waals surface area contributed by atoms with Crippen LogP contribution in [0.1, 0.15) is 16.8 Å². The number of nitrogens with two attached hydrogens (primary N) is 1. The zero-order chi connectivity index (χ0) is 21.1. The average Bonchev–Trinajstić information content (AvgIpc) is 3.21. The molecule has 0 atom stereocenters. The number of benzene rings is 2. The van der Waals surface area contributed by atoms with Gasteiger partial charge in [-0.25, -0.2) is 18.2 Å². The van der Waals surface area contributed by atoms with E-state index in [1.54, 1.807) is 12.3 Å². The second kappa shape index (κ2) is 8.28. The molecule has 0 unspecified atom stereocenters. The van der Waals surface area contributed by atoms with Crippen molar-refractivity contribution in [1.29, 1.82) is 0 Å². The van der Waals surface area contributed by atoms with Crippen molar-refractivity contribution in [3.05, 3.63) is 95.1 Å². The summed E-state index contributed by atoms with van der Waals surface area (Å²) in [5.74, 6) is -3.03. The Hall–Kier alpha value is -3.81. The molecule has 30 heavy (non-hydrogen) atoms. The lowest BCUT2D eigenvalue weighted by atomic mass is 10.1. The minimum absolute atomic E-state index is 0.0947. The van der Waals surface area contributed by atoms with Gasteiger partial charge >= 0.3 is 0 Å². The second-order valence-electron chi connectivity index (χ2n) is 6.69. The first-order valence-corrected chi connectivity index (χ1v) is 9.13.